The van der Waals surface area contributed by atoms with Crippen molar-refractivity contribution in [3.8, 4) is 22.4 Å². The van der Waals surface area contributed by atoms with E-state index in [-0.39, 0.29) is 42.8 Å². The zero-order valence-electron chi connectivity index (χ0n) is 26.7. The molecule has 0 aliphatic carbocycles. The number of benzene rings is 3. The monoisotopic (exact) mass is 625 g/mol. The van der Waals surface area contributed by atoms with E-state index in [1.54, 1.807) is 17.0 Å². The molecule has 0 spiro atoms. The highest BCUT2D eigenvalue weighted by molar-refractivity contribution is 6.12. The van der Waals surface area contributed by atoms with Gasteiger partial charge in [0.2, 0.25) is 5.91 Å². The van der Waals surface area contributed by atoms with Crippen LogP contribution in [0.4, 0.5) is 10.1 Å². The largest absolute Gasteiger partial charge is 0.393 e. The number of aliphatic hydroxyl groups excluding tert-OH is 2. The zero-order chi connectivity index (χ0) is 32.6. The number of anilines is 1. The lowest BCUT2D eigenvalue weighted by Gasteiger charge is -2.28. The Morgan fingerprint density at radius 2 is 1.46 bits per heavy atom. The minimum Gasteiger partial charge on any atom is -0.393 e. The molecule has 1 aliphatic heterocycles. The van der Waals surface area contributed by atoms with Crippen LogP contribution >= 0.6 is 0 Å². The summed E-state index contributed by atoms with van der Waals surface area (Å²) in [6.45, 7) is 5.83. The van der Waals surface area contributed by atoms with Gasteiger partial charge < -0.3 is 25.0 Å². The second kappa shape index (κ2) is 15.3. The molecular formula is C38H44FN3O4. The van der Waals surface area contributed by atoms with Crippen molar-refractivity contribution < 1.29 is 24.2 Å². The van der Waals surface area contributed by atoms with Crippen molar-refractivity contribution in [1.82, 2.24) is 9.47 Å². The topological polar surface area (TPSA) is 94.8 Å². The fourth-order valence-corrected chi connectivity index (χ4v) is 6.48. The minimum absolute atomic E-state index is 0.0133. The van der Waals surface area contributed by atoms with Gasteiger partial charge in [0.05, 0.1) is 29.9 Å². The fraction of sp³-hybridized carbons (Fsp3) is 0.368. The number of likely N-dealkylation sites (tertiary alicyclic amines) is 1. The first-order valence-electron chi connectivity index (χ1n) is 16.3. The molecule has 8 heteroatoms. The molecular weight excluding hydrogens is 581 g/mol. The first-order valence-corrected chi connectivity index (χ1v) is 16.3. The number of aromatic nitrogens is 1. The van der Waals surface area contributed by atoms with Gasteiger partial charge in [-0.1, -0.05) is 62.4 Å². The molecule has 2 amide bonds. The Labute approximate surface area is 270 Å². The van der Waals surface area contributed by atoms with Crippen molar-refractivity contribution in [1.29, 1.82) is 0 Å². The van der Waals surface area contributed by atoms with Gasteiger partial charge in [-0.15, -0.1) is 0 Å². The van der Waals surface area contributed by atoms with E-state index in [2.05, 4.69) is 9.88 Å². The molecule has 1 fully saturated rings. The van der Waals surface area contributed by atoms with Gasteiger partial charge in [-0.3, -0.25) is 9.59 Å². The van der Waals surface area contributed by atoms with Gasteiger partial charge in [0.15, 0.2) is 0 Å². The van der Waals surface area contributed by atoms with Crippen LogP contribution in [0, 0.1) is 5.82 Å². The van der Waals surface area contributed by atoms with Gasteiger partial charge in [-0.25, -0.2) is 4.39 Å². The molecule has 5 rings (SSSR count). The summed E-state index contributed by atoms with van der Waals surface area (Å²) in [7, 11) is 0. The molecule has 2 unspecified atom stereocenters. The van der Waals surface area contributed by atoms with Gasteiger partial charge in [0, 0.05) is 36.6 Å². The van der Waals surface area contributed by atoms with E-state index in [1.807, 2.05) is 74.5 Å². The molecule has 3 aromatic carbocycles. The Bertz CT molecular complexity index is 1600. The Balaban J connectivity index is 1.51. The van der Waals surface area contributed by atoms with E-state index in [9.17, 15) is 24.2 Å². The van der Waals surface area contributed by atoms with Crippen LogP contribution in [0.1, 0.15) is 74.3 Å². The van der Waals surface area contributed by atoms with Crippen molar-refractivity contribution in [2.45, 2.75) is 77.0 Å². The second-order valence-electron chi connectivity index (χ2n) is 12.5. The van der Waals surface area contributed by atoms with Gasteiger partial charge in [0.25, 0.3) is 5.91 Å². The third-order valence-corrected chi connectivity index (χ3v) is 8.64. The number of nitrogens with zero attached hydrogens (tertiary/aromatic N) is 2. The number of amides is 2. The third kappa shape index (κ3) is 7.92. The van der Waals surface area contributed by atoms with Gasteiger partial charge in [-0.2, -0.15) is 0 Å². The quantitative estimate of drug-likeness (QED) is 0.155. The molecule has 0 bridgehead atoms. The zero-order valence-corrected chi connectivity index (χ0v) is 26.7. The number of piperidine rings is 1. The Morgan fingerprint density at radius 3 is 2.09 bits per heavy atom. The Morgan fingerprint density at radius 1 is 0.826 bits per heavy atom. The molecule has 1 saturated heterocycles. The summed E-state index contributed by atoms with van der Waals surface area (Å²) in [6.07, 6.45) is 1.57. The molecule has 0 saturated carbocycles. The van der Waals surface area contributed by atoms with Crippen LogP contribution in [0.2, 0.25) is 0 Å². The molecule has 3 N–H and O–H groups in total. The molecule has 1 aromatic heterocycles. The highest BCUT2D eigenvalue weighted by Gasteiger charge is 2.31. The molecule has 7 nitrogen and oxygen atoms in total. The number of para-hydroxylation sites is 1. The van der Waals surface area contributed by atoms with Gasteiger partial charge in [-0.05, 0) is 85.5 Å². The first-order chi connectivity index (χ1) is 22.2. The van der Waals surface area contributed by atoms with Crippen LogP contribution in [0.3, 0.4) is 0 Å². The molecule has 242 valence electrons. The lowest BCUT2D eigenvalue weighted by atomic mass is 9.94. The highest BCUT2D eigenvalue weighted by atomic mass is 19.1. The van der Waals surface area contributed by atoms with Crippen molar-refractivity contribution in [3.63, 3.8) is 0 Å². The molecule has 2 atom stereocenters. The van der Waals surface area contributed by atoms with E-state index in [0.717, 1.165) is 60.4 Å². The van der Waals surface area contributed by atoms with Crippen LogP contribution < -0.4 is 5.32 Å². The molecule has 1 aliphatic rings. The number of nitrogens with one attached hydrogen (secondary N) is 1. The Hall–Kier alpha value is -4.27. The maximum Gasteiger partial charge on any atom is 0.258 e. The predicted molar refractivity (Wildman–Crippen MR) is 180 cm³/mol. The summed E-state index contributed by atoms with van der Waals surface area (Å²) in [5.41, 5.74) is 5.04. The van der Waals surface area contributed by atoms with Crippen LogP contribution in [0.25, 0.3) is 22.4 Å². The first kappa shape index (κ1) is 33.1. The van der Waals surface area contributed by atoms with E-state index in [4.69, 9.17) is 0 Å². The highest BCUT2D eigenvalue weighted by Crippen LogP contribution is 2.42. The summed E-state index contributed by atoms with van der Waals surface area (Å²) in [5.74, 6) is -0.786. The lowest BCUT2D eigenvalue weighted by molar-refractivity contribution is -0.134. The van der Waals surface area contributed by atoms with E-state index < -0.39 is 12.2 Å². The summed E-state index contributed by atoms with van der Waals surface area (Å²) < 4.78 is 16.2. The average Bonchev–Trinajstić information content (AvgIpc) is 3.41. The molecule has 46 heavy (non-hydrogen) atoms. The third-order valence-electron chi connectivity index (χ3n) is 8.64. The number of aliphatic hydroxyl groups is 2. The fourth-order valence-electron chi connectivity index (χ4n) is 6.48. The normalized spacial score (nSPS) is 14.7. The van der Waals surface area contributed by atoms with Crippen LogP contribution in [0.5, 0.6) is 0 Å². The van der Waals surface area contributed by atoms with Crippen molar-refractivity contribution in [2.75, 3.05) is 18.4 Å². The summed E-state index contributed by atoms with van der Waals surface area (Å²) in [6, 6.07) is 25.2. The second-order valence-corrected chi connectivity index (χ2v) is 12.5. The predicted octanol–water partition coefficient (Wildman–Crippen LogP) is 7.24. The number of halogens is 1. The summed E-state index contributed by atoms with van der Waals surface area (Å²) >= 11 is 0. The van der Waals surface area contributed by atoms with Crippen LogP contribution in [-0.2, 0) is 11.3 Å². The molecule has 2 heterocycles. The summed E-state index contributed by atoms with van der Waals surface area (Å²) in [5, 5.41) is 24.9. The maximum absolute atomic E-state index is 14.2. The smallest absolute Gasteiger partial charge is 0.258 e. The maximum atomic E-state index is 14.2. The number of hydrogen-bond donors (Lipinski definition) is 3. The Kier molecular flexibility index (Phi) is 11.0. The standard InChI is InChI=1S/C38H44FN3O4/c1-26(2)36-35(38(46)40-30-14-8-4-9-15-30)34(27-12-6-3-7-13-27)37(28-16-18-29(39)19-17-28)42(36)23-20-31(43)24-32(44)25-33(45)41-21-10-5-11-22-41/h3-4,6-9,12-19,26,31-32,43-44H,5,10-11,20-25H2,1-2H3,(H,40,46). The average molecular weight is 626 g/mol. The van der Waals surface area contributed by atoms with E-state index in [1.165, 1.54) is 12.1 Å². The number of carbonyl (C=O) groups excluding carboxylic acids is 2. The van der Waals surface area contributed by atoms with E-state index in [0.29, 0.717) is 17.8 Å². The van der Waals surface area contributed by atoms with Crippen molar-refractivity contribution in [2.24, 2.45) is 0 Å². The molecule has 0 radical (unpaired) electrons. The number of hydrogen-bond acceptors (Lipinski definition) is 4. The number of carbonyl (C=O) groups is 2. The number of rotatable bonds is 12. The van der Waals surface area contributed by atoms with Crippen LogP contribution in [0.15, 0.2) is 84.9 Å². The lowest BCUT2D eigenvalue weighted by Crippen LogP contribution is -2.37. The summed E-state index contributed by atoms with van der Waals surface area (Å²) in [4.78, 5) is 28.7. The van der Waals surface area contributed by atoms with Gasteiger partial charge in [0.1, 0.15) is 5.82 Å². The minimum atomic E-state index is -0.956. The van der Waals surface area contributed by atoms with E-state index >= 15 is 0 Å². The molecule has 4 aromatic rings. The van der Waals surface area contributed by atoms with Crippen molar-refractivity contribution >= 4 is 17.5 Å². The SMILES string of the molecule is CC(C)c1c(C(=O)Nc2ccccc2)c(-c2ccccc2)c(-c2ccc(F)cc2)n1CCC(O)CC(O)CC(=O)N1CCCCC1. The van der Waals surface area contributed by atoms with Crippen LogP contribution in [-0.4, -0.2) is 56.8 Å². The van der Waals surface area contributed by atoms with Crippen molar-refractivity contribution in [3.05, 3.63) is 102 Å². The van der Waals surface area contributed by atoms with Gasteiger partial charge >= 0.3 is 0 Å².